The average molecular weight is 299 g/mol. The van der Waals surface area contributed by atoms with E-state index in [-0.39, 0.29) is 0 Å². The topological polar surface area (TPSA) is 61.3 Å². The number of piperazine rings is 1. The molecule has 3 heterocycles. The second-order valence-corrected chi connectivity index (χ2v) is 5.64. The standard InChI is InChI=1S/C15H21N7/c1-12-10-17-14(18-11-12)21-6-8-22(9-7-21)15-16-5-4-13(19-15)20(2)3/h4-5,10-11H,6-9H2,1-3H3. The minimum atomic E-state index is 0.788. The lowest BCUT2D eigenvalue weighted by molar-refractivity contribution is 0.627. The van der Waals surface area contributed by atoms with E-state index in [9.17, 15) is 0 Å². The van der Waals surface area contributed by atoms with Gasteiger partial charge in [0.25, 0.3) is 0 Å². The molecule has 1 aliphatic rings. The molecule has 1 saturated heterocycles. The van der Waals surface area contributed by atoms with Crippen LogP contribution in [0.1, 0.15) is 5.56 Å². The van der Waals surface area contributed by atoms with E-state index in [1.807, 2.05) is 50.6 Å². The van der Waals surface area contributed by atoms with Gasteiger partial charge >= 0.3 is 0 Å². The number of hydrogen-bond donors (Lipinski definition) is 0. The molecule has 22 heavy (non-hydrogen) atoms. The molecule has 1 aliphatic heterocycles. The third-order valence-corrected chi connectivity index (χ3v) is 3.70. The van der Waals surface area contributed by atoms with Crippen LogP contribution in [0.3, 0.4) is 0 Å². The highest BCUT2D eigenvalue weighted by Gasteiger charge is 2.20. The summed E-state index contributed by atoms with van der Waals surface area (Å²) in [4.78, 5) is 24.2. The van der Waals surface area contributed by atoms with Gasteiger partial charge in [-0.3, -0.25) is 0 Å². The Morgan fingerprint density at radius 1 is 0.909 bits per heavy atom. The largest absolute Gasteiger partial charge is 0.363 e. The summed E-state index contributed by atoms with van der Waals surface area (Å²) in [5.74, 6) is 2.51. The number of hydrogen-bond acceptors (Lipinski definition) is 7. The van der Waals surface area contributed by atoms with E-state index in [4.69, 9.17) is 0 Å². The highest BCUT2D eigenvalue weighted by atomic mass is 15.4. The number of anilines is 3. The third kappa shape index (κ3) is 3.08. The molecular formula is C15H21N7. The van der Waals surface area contributed by atoms with Crippen LogP contribution < -0.4 is 14.7 Å². The molecule has 0 saturated carbocycles. The summed E-state index contributed by atoms with van der Waals surface area (Å²) < 4.78 is 0. The van der Waals surface area contributed by atoms with Crippen LogP contribution in [0.15, 0.2) is 24.7 Å². The predicted octanol–water partition coefficient (Wildman–Crippen LogP) is 0.968. The van der Waals surface area contributed by atoms with Crippen molar-refractivity contribution in [3.63, 3.8) is 0 Å². The molecule has 116 valence electrons. The van der Waals surface area contributed by atoms with Crippen molar-refractivity contribution in [2.75, 3.05) is 55.0 Å². The fourth-order valence-electron chi connectivity index (χ4n) is 2.40. The van der Waals surface area contributed by atoms with Crippen LogP contribution >= 0.6 is 0 Å². The molecule has 0 aliphatic carbocycles. The van der Waals surface area contributed by atoms with E-state index in [2.05, 4.69) is 29.7 Å². The zero-order chi connectivity index (χ0) is 15.5. The second kappa shape index (κ2) is 6.13. The lowest BCUT2D eigenvalue weighted by atomic mass is 10.3. The van der Waals surface area contributed by atoms with Crippen LogP contribution in [-0.4, -0.2) is 60.2 Å². The van der Waals surface area contributed by atoms with Crippen LogP contribution in [0.5, 0.6) is 0 Å². The normalized spacial score (nSPS) is 15.0. The summed E-state index contributed by atoms with van der Waals surface area (Å²) in [7, 11) is 3.97. The van der Waals surface area contributed by atoms with Crippen molar-refractivity contribution in [2.24, 2.45) is 0 Å². The summed E-state index contributed by atoms with van der Waals surface area (Å²) in [5, 5.41) is 0. The Hall–Kier alpha value is -2.44. The number of aromatic nitrogens is 4. The van der Waals surface area contributed by atoms with Gasteiger partial charge in [-0.25, -0.2) is 15.0 Å². The Kier molecular flexibility index (Phi) is 4.04. The van der Waals surface area contributed by atoms with Crippen molar-refractivity contribution in [2.45, 2.75) is 6.92 Å². The molecule has 3 rings (SSSR count). The summed E-state index contributed by atoms with van der Waals surface area (Å²) in [5.41, 5.74) is 1.08. The zero-order valence-corrected chi connectivity index (χ0v) is 13.3. The minimum absolute atomic E-state index is 0.788. The first-order valence-electron chi connectivity index (χ1n) is 7.42. The molecule has 7 heteroatoms. The van der Waals surface area contributed by atoms with Crippen molar-refractivity contribution in [1.82, 2.24) is 19.9 Å². The molecule has 0 atom stereocenters. The van der Waals surface area contributed by atoms with E-state index < -0.39 is 0 Å². The molecule has 7 nitrogen and oxygen atoms in total. The molecule has 2 aromatic rings. The van der Waals surface area contributed by atoms with Crippen LogP contribution in [0.25, 0.3) is 0 Å². The van der Waals surface area contributed by atoms with Gasteiger partial charge in [-0.2, -0.15) is 4.98 Å². The Balaban J connectivity index is 1.66. The summed E-state index contributed by atoms with van der Waals surface area (Å²) in [6.07, 6.45) is 5.53. The van der Waals surface area contributed by atoms with E-state index in [1.165, 1.54) is 0 Å². The van der Waals surface area contributed by atoms with Gasteiger partial charge in [0.05, 0.1) is 0 Å². The third-order valence-electron chi connectivity index (χ3n) is 3.70. The molecule has 0 N–H and O–H groups in total. The van der Waals surface area contributed by atoms with Gasteiger partial charge in [0.2, 0.25) is 11.9 Å². The highest BCUT2D eigenvalue weighted by molar-refractivity contribution is 5.44. The van der Waals surface area contributed by atoms with Crippen molar-refractivity contribution in [1.29, 1.82) is 0 Å². The maximum Gasteiger partial charge on any atom is 0.227 e. The molecule has 0 amide bonds. The van der Waals surface area contributed by atoms with Gasteiger partial charge < -0.3 is 14.7 Å². The fraction of sp³-hybridized carbons (Fsp3) is 0.467. The first kappa shape index (κ1) is 14.5. The summed E-state index contributed by atoms with van der Waals surface area (Å²) in [6.45, 7) is 5.48. The molecule has 0 unspecified atom stereocenters. The van der Waals surface area contributed by atoms with E-state index in [1.54, 1.807) is 0 Å². The lowest BCUT2D eigenvalue weighted by Crippen LogP contribution is -2.47. The minimum Gasteiger partial charge on any atom is -0.363 e. The predicted molar refractivity (Wildman–Crippen MR) is 87.6 cm³/mol. The Labute approximate surface area is 130 Å². The van der Waals surface area contributed by atoms with E-state index in [0.717, 1.165) is 49.5 Å². The molecule has 2 aromatic heterocycles. The molecular weight excluding hydrogens is 278 g/mol. The van der Waals surface area contributed by atoms with Gasteiger partial charge in [-0.05, 0) is 18.6 Å². The average Bonchev–Trinajstić information content (AvgIpc) is 2.56. The smallest absolute Gasteiger partial charge is 0.227 e. The number of aryl methyl sites for hydroxylation is 1. The van der Waals surface area contributed by atoms with Gasteiger partial charge in [0, 0.05) is 58.9 Å². The van der Waals surface area contributed by atoms with Gasteiger partial charge in [-0.15, -0.1) is 0 Å². The monoisotopic (exact) mass is 299 g/mol. The quantitative estimate of drug-likeness (QED) is 0.836. The molecule has 0 aromatic carbocycles. The molecule has 0 spiro atoms. The van der Waals surface area contributed by atoms with Crippen molar-refractivity contribution in [3.05, 3.63) is 30.2 Å². The fourth-order valence-corrected chi connectivity index (χ4v) is 2.40. The maximum absolute atomic E-state index is 4.60. The van der Waals surface area contributed by atoms with Gasteiger partial charge in [0.1, 0.15) is 5.82 Å². The Morgan fingerprint density at radius 2 is 1.50 bits per heavy atom. The number of rotatable bonds is 3. The number of nitrogens with zero attached hydrogens (tertiary/aromatic N) is 7. The SMILES string of the molecule is Cc1cnc(N2CCN(c3nccc(N(C)C)n3)CC2)nc1. The van der Waals surface area contributed by atoms with Gasteiger partial charge in [-0.1, -0.05) is 0 Å². The lowest BCUT2D eigenvalue weighted by Gasteiger charge is -2.34. The van der Waals surface area contributed by atoms with E-state index in [0.29, 0.717) is 0 Å². The molecule has 1 fully saturated rings. The molecule has 0 radical (unpaired) electrons. The summed E-state index contributed by atoms with van der Waals surface area (Å²) in [6, 6.07) is 1.92. The Morgan fingerprint density at radius 3 is 2.09 bits per heavy atom. The molecule has 0 bridgehead atoms. The summed E-state index contributed by atoms with van der Waals surface area (Å²) >= 11 is 0. The van der Waals surface area contributed by atoms with Crippen LogP contribution in [0.2, 0.25) is 0 Å². The Bertz CT molecular complexity index is 618. The first-order valence-corrected chi connectivity index (χ1v) is 7.42. The second-order valence-electron chi connectivity index (χ2n) is 5.64. The van der Waals surface area contributed by atoms with Gasteiger partial charge in [0.15, 0.2) is 0 Å². The van der Waals surface area contributed by atoms with Crippen molar-refractivity contribution >= 4 is 17.7 Å². The van der Waals surface area contributed by atoms with Crippen LogP contribution in [0.4, 0.5) is 17.7 Å². The zero-order valence-electron chi connectivity index (χ0n) is 13.3. The van der Waals surface area contributed by atoms with E-state index >= 15 is 0 Å². The van der Waals surface area contributed by atoms with Crippen LogP contribution in [-0.2, 0) is 0 Å². The van der Waals surface area contributed by atoms with Crippen molar-refractivity contribution in [3.8, 4) is 0 Å². The highest BCUT2D eigenvalue weighted by Crippen LogP contribution is 2.16. The van der Waals surface area contributed by atoms with Crippen molar-refractivity contribution < 1.29 is 0 Å². The van der Waals surface area contributed by atoms with Crippen LogP contribution in [0, 0.1) is 6.92 Å². The maximum atomic E-state index is 4.60. The first-order chi connectivity index (χ1) is 10.6.